The van der Waals surface area contributed by atoms with Crippen LogP contribution in [0.25, 0.3) is 0 Å². The number of amides is 2. The van der Waals surface area contributed by atoms with Crippen LogP contribution in [-0.2, 0) is 20.8 Å². The van der Waals surface area contributed by atoms with Crippen LogP contribution >= 0.6 is 0 Å². The largest absolute Gasteiger partial charge is 0.437 e. The summed E-state index contributed by atoms with van der Waals surface area (Å²) < 4.78 is 4.78. The molecule has 10 heteroatoms. The maximum absolute atomic E-state index is 12.9. The Morgan fingerprint density at radius 2 is 1.58 bits per heavy atom. The fourth-order valence-electron chi connectivity index (χ4n) is 3.65. The number of urea groups is 1. The number of ether oxygens (including phenoxy) is 1. The summed E-state index contributed by atoms with van der Waals surface area (Å²) in [5.74, 6) is 0.278. The molecular weight excluding hydrogens is 464 g/mol. The Morgan fingerprint density at radius 3 is 2.17 bits per heavy atom. The molecule has 2 aromatic carbocycles. The van der Waals surface area contributed by atoms with Crippen LogP contribution in [0.3, 0.4) is 0 Å². The second-order valence-electron chi connectivity index (χ2n) is 9.51. The minimum Gasteiger partial charge on any atom is -0.437 e. The van der Waals surface area contributed by atoms with Crippen molar-refractivity contribution in [3.63, 3.8) is 0 Å². The van der Waals surface area contributed by atoms with Gasteiger partial charge in [-0.3, -0.25) is 15.2 Å². The molecule has 36 heavy (non-hydrogen) atoms. The molecule has 2 aromatic rings. The van der Waals surface area contributed by atoms with Crippen LogP contribution in [0.2, 0.25) is 0 Å². The molecule has 2 amide bonds. The van der Waals surface area contributed by atoms with E-state index in [0.717, 1.165) is 29.9 Å². The third-order valence-corrected chi connectivity index (χ3v) is 5.14. The molecular formula is C26H38N4O6. The molecule has 4 N–H and O–H groups in total. The lowest BCUT2D eigenvalue weighted by Crippen LogP contribution is -2.32. The van der Waals surface area contributed by atoms with Gasteiger partial charge in [-0.15, -0.1) is 0 Å². The van der Waals surface area contributed by atoms with Gasteiger partial charge < -0.3 is 20.3 Å². The third kappa shape index (κ3) is 10.6. The third-order valence-electron chi connectivity index (χ3n) is 5.14. The van der Waals surface area contributed by atoms with E-state index in [-0.39, 0.29) is 12.5 Å². The molecule has 0 aliphatic rings. The monoisotopic (exact) mass is 502 g/mol. The summed E-state index contributed by atoms with van der Waals surface area (Å²) in [5.41, 5.74) is 4.17. The van der Waals surface area contributed by atoms with E-state index in [1.165, 1.54) is 0 Å². The van der Waals surface area contributed by atoms with Crippen molar-refractivity contribution >= 4 is 29.1 Å². The molecule has 0 saturated carbocycles. The van der Waals surface area contributed by atoms with Crippen molar-refractivity contribution in [1.29, 1.82) is 0 Å². The highest BCUT2D eigenvalue weighted by Gasteiger charge is 2.17. The Kier molecular flexibility index (Phi) is 11.6. The number of benzene rings is 2. The Morgan fingerprint density at radius 1 is 0.944 bits per heavy atom. The Balaban J connectivity index is 2.22. The first-order valence-electron chi connectivity index (χ1n) is 12.0. The highest BCUT2D eigenvalue weighted by atomic mass is 17.1. The smallest absolute Gasteiger partial charge is 0.323 e. The van der Waals surface area contributed by atoms with Gasteiger partial charge in [-0.05, 0) is 55.0 Å². The topological polar surface area (TPSA) is 124 Å². The summed E-state index contributed by atoms with van der Waals surface area (Å²) in [6.07, 6.45) is 0.417. The van der Waals surface area contributed by atoms with Gasteiger partial charge in [0.1, 0.15) is 0 Å². The molecule has 0 fully saturated rings. The van der Waals surface area contributed by atoms with Crippen LogP contribution in [0.15, 0.2) is 42.5 Å². The standard InChI is InChI=1S/C26H38N4O6/c1-18(2)15-29(16-19(3)4)24-12-8-21(9-13-25(31)35-17-36-30(33)34)14-23(24)28-26(32)27-22-10-6-20(5)7-11-22/h6-8,10-12,14,18-19,33-34H,9,13,15-17H2,1-5H3,(H2,27,28,32). The van der Waals surface area contributed by atoms with Crippen molar-refractivity contribution in [3.05, 3.63) is 53.6 Å². The van der Waals surface area contributed by atoms with Crippen LogP contribution in [0.5, 0.6) is 0 Å². The molecule has 0 unspecified atom stereocenters. The van der Waals surface area contributed by atoms with E-state index >= 15 is 0 Å². The van der Waals surface area contributed by atoms with Gasteiger partial charge in [0.15, 0.2) is 0 Å². The molecule has 0 aliphatic heterocycles. The van der Waals surface area contributed by atoms with Crippen molar-refractivity contribution in [2.75, 3.05) is 35.4 Å². The number of anilines is 3. The fraction of sp³-hybridized carbons (Fsp3) is 0.462. The molecule has 0 aromatic heterocycles. The Labute approximate surface area is 212 Å². The lowest BCUT2D eigenvalue weighted by Gasteiger charge is -2.30. The minimum atomic E-state index is -0.615. The maximum atomic E-state index is 12.9. The highest BCUT2D eigenvalue weighted by molar-refractivity contribution is 6.02. The van der Waals surface area contributed by atoms with E-state index in [2.05, 4.69) is 48.1 Å². The van der Waals surface area contributed by atoms with Crippen LogP contribution in [0.1, 0.15) is 45.2 Å². The average molecular weight is 503 g/mol. The van der Waals surface area contributed by atoms with Crippen molar-refractivity contribution in [3.8, 4) is 0 Å². The molecule has 0 spiro atoms. The minimum absolute atomic E-state index is 0.0519. The van der Waals surface area contributed by atoms with Crippen molar-refractivity contribution in [2.45, 2.75) is 47.5 Å². The first kappa shape index (κ1) is 29.1. The summed E-state index contributed by atoms with van der Waals surface area (Å²) >= 11 is 0. The van der Waals surface area contributed by atoms with Gasteiger partial charge in [0.05, 0.1) is 16.8 Å². The Hall–Kier alpha value is -3.18. The second-order valence-corrected chi connectivity index (χ2v) is 9.51. The number of carbonyl (C=O) groups is 2. The molecule has 0 radical (unpaired) electrons. The molecule has 0 saturated heterocycles. The quantitative estimate of drug-likeness (QED) is 0.167. The van der Waals surface area contributed by atoms with Crippen LogP contribution < -0.4 is 15.5 Å². The van der Waals surface area contributed by atoms with Crippen molar-refractivity contribution in [2.24, 2.45) is 11.8 Å². The van der Waals surface area contributed by atoms with Gasteiger partial charge in [-0.2, -0.15) is 0 Å². The normalized spacial score (nSPS) is 11.2. The van der Waals surface area contributed by atoms with E-state index < -0.39 is 18.2 Å². The summed E-state index contributed by atoms with van der Waals surface area (Å²) in [6.45, 7) is 11.6. The van der Waals surface area contributed by atoms with Gasteiger partial charge in [-0.25, -0.2) is 9.63 Å². The second kappa shape index (κ2) is 14.4. The Bertz CT molecular complexity index is 969. The van der Waals surface area contributed by atoms with Crippen LogP contribution in [0.4, 0.5) is 21.9 Å². The molecule has 198 valence electrons. The first-order chi connectivity index (χ1) is 17.0. The molecule has 0 bridgehead atoms. The zero-order chi connectivity index (χ0) is 26.7. The summed E-state index contributed by atoms with van der Waals surface area (Å²) in [6, 6.07) is 12.9. The van der Waals surface area contributed by atoms with Crippen molar-refractivity contribution in [1.82, 2.24) is 5.39 Å². The molecule has 2 rings (SSSR count). The van der Waals surface area contributed by atoms with E-state index in [0.29, 0.717) is 29.6 Å². The molecule has 0 atom stereocenters. The number of nitrogens with one attached hydrogen (secondary N) is 2. The molecule has 0 heterocycles. The zero-order valence-electron chi connectivity index (χ0n) is 21.7. The van der Waals surface area contributed by atoms with Gasteiger partial charge >= 0.3 is 12.0 Å². The average Bonchev–Trinajstić information content (AvgIpc) is 2.78. The fourth-order valence-corrected chi connectivity index (χ4v) is 3.65. The summed E-state index contributed by atoms with van der Waals surface area (Å²) in [7, 11) is 0. The van der Waals surface area contributed by atoms with Crippen LogP contribution in [0, 0.1) is 18.8 Å². The summed E-state index contributed by atoms with van der Waals surface area (Å²) in [4.78, 5) is 31.3. The number of nitrogens with zero attached hydrogens (tertiary/aromatic N) is 2. The van der Waals surface area contributed by atoms with E-state index in [9.17, 15) is 9.59 Å². The maximum Gasteiger partial charge on any atom is 0.323 e. The number of hydrogen-bond donors (Lipinski definition) is 4. The molecule has 0 aliphatic carbocycles. The number of carbonyl (C=O) groups excluding carboxylic acids is 2. The highest BCUT2D eigenvalue weighted by Crippen LogP contribution is 2.30. The number of aryl methyl sites for hydroxylation is 2. The lowest BCUT2D eigenvalue weighted by molar-refractivity contribution is -0.504. The van der Waals surface area contributed by atoms with E-state index in [1.54, 1.807) is 0 Å². The predicted molar refractivity (Wildman–Crippen MR) is 138 cm³/mol. The molecule has 10 nitrogen and oxygen atoms in total. The van der Waals surface area contributed by atoms with E-state index in [1.807, 2.05) is 49.4 Å². The van der Waals surface area contributed by atoms with Crippen molar-refractivity contribution < 1.29 is 29.6 Å². The summed E-state index contributed by atoms with van der Waals surface area (Å²) in [5, 5.41) is 22.3. The van der Waals surface area contributed by atoms with Gasteiger partial charge in [-0.1, -0.05) is 51.5 Å². The zero-order valence-corrected chi connectivity index (χ0v) is 21.7. The number of rotatable bonds is 13. The van der Waals surface area contributed by atoms with E-state index in [4.69, 9.17) is 15.2 Å². The van der Waals surface area contributed by atoms with Gasteiger partial charge in [0.2, 0.25) is 6.79 Å². The lowest BCUT2D eigenvalue weighted by atomic mass is 10.1. The number of hydrogen-bond acceptors (Lipinski definition) is 8. The van der Waals surface area contributed by atoms with Gasteiger partial charge in [0, 0.05) is 25.2 Å². The van der Waals surface area contributed by atoms with Gasteiger partial charge in [0.25, 0.3) is 0 Å². The number of esters is 1. The first-order valence-corrected chi connectivity index (χ1v) is 12.0. The SMILES string of the molecule is Cc1ccc(NC(=O)Nc2cc(CCC(=O)OCON(O)O)ccc2N(CC(C)C)CC(C)C)cc1. The predicted octanol–water partition coefficient (Wildman–Crippen LogP) is 5.20. The van der Waals surface area contributed by atoms with Crippen LogP contribution in [-0.4, -0.2) is 47.7 Å².